The van der Waals surface area contributed by atoms with Crippen LogP contribution >= 0.6 is 0 Å². The van der Waals surface area contributed by atoms with Gasteiger partial charge >= 0.3 is 0 Å². The molecule has 1 aliphatic rings. The van der Waals surface area contributed by atoms with Crippen LogP contribution in [0.2, 0.25) is 0 Å². The first-order chi connectivity index (χ1) is 15.5. The van der Waals surface area contributed by atoms with Gasteiger partial charge in [-0.1, -0.05) is 12.1 Å². The number of rotatable bonds is 4. The van der Waals surface area contributed by atoms with Crippen LogP contribution in [0.3, 0.4) is 0 Å². The van der Waals surface area contributed by atoms with Crippen LogP contribution in [0.5, 0.6) is 5.75 Å². The van der Waals surface area contributed by atoms with Gasteiger partial charge in [-0.2, -0.15) is 5.10 Å². The minimum Gasteiger partial charge on any atom is -0.495 e. The highest BCUT2D eigenvalue weighted by molar-refractivity contribution is 5.99. The number of aryl methyl sites for hydroxylation is 1. The molecule has 32 heavy (non-hydrogen) atoms. The molecule has 1 aliphatic heterocycles. The zero-order valence-corrected chi connectivity index (χ0v) is 18.8. The fourth-order valence-electron chi connectivity index (χ4n) is 4.57. The van der Waals surface area contributed by atoms with Crippen molar-refractivity contribution in [3.05, 3.63) is 55.0 Å². The Morgan fingerprint density at radius 1 is 0.969 bits per heavy atom. The first kappa shape index (κ1) is 20.5. The molecular weight excluding hydrogens is 402 g/mol. The number of hydrogen-bond acceptors (Lipinski definition) is 6. The Morgan fingerprint density at radius 2 is 1.78 bits per heavy atom. The fourth-order valence-corrected chi connectivity index (χ4v) is 4.57. The van der Waals surface area contributed by atoms with Crippen LogP contribution in [-0.4, -0.2) is 52.2 Å². The molecule has 0 saturated carbocycles. The highest BCUT2D eigenvalue weighted by Gasteiger charge is 2.23. The van der Waals surface area contributed by atoms with E-state index in [-0.39, 0.29) is 12.2 Å². The molecule has 0 spiro atoms. The van der Waals surface area contributed by atoms with Crippen molar-refractivity contribution in [1.29, 1.82) is 0 Å². The van der Waals surface area contributed by atoms with Gasteiger partial charge in [0.05, 0.1) is 30.5 Å². The molecule has 1 fully saturated rings. The van der Waals surface area contributed by atoms with E-state index in [2.05, 4.69) is 42.0 Å². The highest BCUT2D eigenvalue weighted by Crippen LogP contribution is 2.38. The van der Waals surface area contributed by atoms with Gasteiger partial charge in [-0.25, -0.2) is 4.98 Å². The van der Waals surface area contributed by atoms with E-state index in [1.54, 1.807) is 13.3 Å². The third-order valence-electron chi connectivity index (χ3n) is 5.95. The van der Waals surface area contributed by atoms with Crippen molar-refractivity contribution in [2.45, 2.75) is 26.1 Å². The van der Waals surface area contributed by atoms with E-state index in [0.29, 0.717) is 0 Å². The summed E-state index contributed by atoms with van der Waals surface area (Å²) in [4.78, 5) is 11.8. The van der Waals surface area contributed by atoms with Crippen LogP contribution in [0.1, 0.15) is 13.8 Å². The smallest absolute Gasteiger partial charge is 0.137 e. The number of anilines is 1. The molecule has 0 unspecified atom stereocenters. The van der Waals surface area contributed by atoms with E-state index in [1.807, 2.05) is 42.3 Å². The summed E-state index contributed by atoms with van der Waals surface area (Å²) in [5, 5.41) is 5.26. The first-order valence-electron chi connectivity index (χ1n) is 10.9. The maximum Gasteiger partial charge on any atom is 0.137 e. The van der Waals surface area contributed by atoms with Crippen LogP contribution in [0.25, 0.3) is 33.3 Å². The molecule has 1 aromatic carbocycles. The molecule has 164 valence electrons. The molecule has 1 saturated heterocycles. The van der Waals surface area contributed by atoms with Crippen molar-refractivity contribution in [1.82, 2.24) is 19.7 Å². The van der Waals surface area contributed by atoms with Gasteiger partial charge in [-0.15, -0.1) is 0 Å². The van der Waals surface area contributed by atoms with Crippen LogP contribution in [0.4, 0.5) is 5.82 Å². The van der Waals surface area contributed by atoms with E-state index in [4.69, 9.17) is 19.4 Å². The lowest BCUT2D eigenvalue weighted by atomic mass is 10.0. The second kappa shape index (κ2) is 8.24. The van der Waals surface area contributed by atoms with Crippen molar-refractivity contribution < 1.29 is 9.47 Å². The predicted octanol–water partition coefficient (Wildman–Crippen LogP) is 4.32. The van der Waals surface area contributed by atoms with Gasteiger partial charge in [0.2, 0.25) is 0 Å². The Bertz CT molecular complexity index is 1240. The minimum atomic E-state index is 0.193. The average Bonchev–Trinajstić information content (AvgIpc) is 3.23. The molecule has 4 aromatic rings. The van der Waals surface area contributed by atoms with E-state index >= 15 is 0 Å². The lowest BCUT2D eigenvalue weighted by Crippen LogP contribution is -2.45. The summed E-state index contributed by atoms with van der Waals surface area (Å²) in [6.07, 6.45) is 5.95. The van der Waals surface area contributed by atoms with Gasteiger partial charge in [0.25, 0.3) is 0 Å². The molecule has 7 heteroatoms. The summed E-state index contributed by atoms with van der Waals surface area (Å²) in [7, 11) is 3.64. The SMILES string of the molecule is COc1c(-c2ccc(N3C[C@@H](C)O[C@@H](C)C3)nc2)cnc2c(-c3ccnn3C)cccc12. The molecule has 0 radical (unpaired) electrons. The van der Waals surface area contributed by atoms with Crippen LogP contribution in [0.15, 0.2) is 55.0 Å². The Hall–Kier alpha value is -3.45. The second-order valence-electron chi connectivity index (χ2n) is 8.31. The summed E-state index contributed by atoms with van der Waals surface area (Å²) in [5.41, 5.74) is 4.82. The number of nitrogens with zero attached hydrogens (tertiary/aromatic N) is 5. The number of morpholine rings is 1. The van der Waals surface area contributed by atoms with Crippen molar-refractivity contribution in [2.75, 3.05) is 25.1 Å². The molecule has 0 N–H and O–H groups in total. The summed E-state index contributed by atoms with van der Waals surface area (Å²) in [5.74, 6) is 1.75. The second-order valence-corrected chi connectivity index (χ2v) is 8.31. The first-order valence-corrected chi connectivity index (χ1v) is 10.9. The van der Waals surface area contributed by atoms with E-state index < -0.39 is 0 Å². The lowest BCUT2D eigenvalue weighted by molar-refractivity contribution is -0.00545. The quantitative estimate of drug-likeness (QED) is 0.481. The summed E-state index contributed by atoms with van der Waals surface area (Å²) in [6, 6.07) is 12.3. The summed E-state index contributed by atoms with van der Waals surface area (Å²) in [6.45, 7) is 5.88. The zero-order chi connectivity index (χ0) is 22.2. The highest BCUT2D eigenvalue weighted by atomic mass is 16.5. The fraction of sp³-hybridized carbons (Fsp3) is 0.320. The van der Waals surface area contributed by atoms with Crippen LogP contribution < -0.4 is 9.64 Å². The van der Waals surface area contributed by atoms with Gasteiger partial charge < -0.3 is 14.4 Å². The van der Waals surface area contributed by atoms with Gasteiger partial charge in [0.15, 0.2) is 0 Å². The van der Waals surface area contributed by atoms with Crippen molar-refractivity contribution in [3.8, 4) is 28.1 Å². The largest absolute Gasteiger partial charge is 0.495 e. The predicted molar refractivity (Wildman–Crippen MR) is 126 cm³/mol. The van der Waals surface area contributed by atoms with Gasteiger partial charge in [-0.05, 0) is 38.1 Å². The number of hydrogen-bond donors (Lipinski definition) is 0. The molecule has 0 bridgehead atoms. The number of para-hydroxylation sites is 1. The molecule has 4 heterocycles. The molecule has 0 amide bonds. The van der Waals surface area contributed by atoms with E-state index in [0.717, 1.165) is 57.9 Å². The standard InChI is InChI=1S/C25H27N5O2/c1-16-14-30(15-17(2)32-16)23-9-8-18(12-26-23)21-13-27-24-19(22-10-11-28-29(22)3)6-5-7-20(24)25(21)31-4/h5-13,16-17H,14-15H2,1-4H3/t16-,17+. The lowest BCUT2D eigenvalue weighted by Gasteiger charge is -2.36. The molecule has 5 rings (SSSR count). The maximum absolute atomic E-state index is 5.87. The Kier molecular flexibility index (Phi) is 5.27. The third-order valence-corrected chi connectivity index (χ3v) is 5.95. The minimum absolute atomic E-state index is 0.193. The van der Waals surface area contributed by atoms with E-state index in [1.165, 1.54) is 0 Å². The number of pyridine rings is 2. The Labute approximate surface area is 187 Å². The molecule has 3 aromatic heterocycles. The molecule has 0 aliphatic carbocycles. The number of benzene rings is 1. The number of ether oxygens (including phenoxy) is 2. The maximum atomic E-state index is 5.87. The van der Waals surface area contributed by atoms with Crippen molar-refractivity contribution in [2.24, 2.45) is 7.05 Å². The monoisotopic (exact) mass is 429 g/mol. The molecule has 7 nitrogen and oxygen atoms in total. The topological polar surface area (TPSA) is 65.3 Å². The van der Waals surface area contributed by atoms with Gasteiger partial charge in [0.1, 0.15) is 11.6 Å². The van der Waals surface area contributed by atoms with Gasteiger partial charge in [-0.3, -0.25) is 9.67 Å². The Balaban J connectivity index is 1.54. The van der Waals surface area contributed by atoms with Crippen LogP contribution in [-0.2, 0) is 11.8 Å². The summed E-state index contributed by atoms with van der Waals surface area (Å²) >= 11 is 0. The average molecular weight is 430 g/mol. The Morgan fingerprint density at radius 3 is 2.44 bits per heavy atom. The normalized spacial score (nSPS) is 18.8. The van der Waals surface area contributed by atoms with Crippen molar-refractivity contribution in [3.63, 3.8) is 0 Å². The van der Waals surface area contributed by atoms with Crippen LogP contribution in [0, 0.1) is 0 Å². The molecule has 2 atom stereocenters. The van der Waals surface area contributed by atoms with E-state index in [9.17, 15) is 0 Å². The van der Waals surface area contributed by atoms with Gasteiger partial charge in [0, 0.05) is 60.8 Å². The number of fused-ring (bicyclic) bond motifs is 1. The summed E-state index contributed by atoms with van der Waals surface area (Å²) < 4.78 is 13.6. The third kappa shape index (κ3) is 3.58. The zero-order valence-electron chi connectivity index (χ0n) is 18.8. The number of methoxy groups -OCH3 is 1. The number of aromatic nitrogens is 4. The van der Waals surface area contributed by atoms with Crippen molar-refractivity contribution >= 4 is 16.7 Å². The molecular formula is C25H27N5O2.